The van der Waals surface area contributed by atoms with E-state index in [1.54, 1.807) is 4.57 Å². The van der Waals surface area contributed by atoms with Gasteiger partial charge in [0.15, 0.2) is 5.16 Å². The number of rotatable bonds is 7. The van der Waals surface area contributed by atoms with Crippen molar-refractivity contribution in [3.63, 3.8) is 0 Å². The first kappa shape index (κ1) is 23.4. The van der Waals surface area contributed by atoms with Gasteiger partial charge in [-0.1, -0.05) is 23.9 Å². The summed E-state index contributed by atoms with van der Waals surface area (Å²) in [5.74, 6) is -2.11. The second kappa shape index (κ2) is 10.00. The number of imide groups is 1. The number of carbonyl (C=O) groups is 3. The standard InChI is InChI=1S/C22H20F2N6O3S/c1-12-3-2-4-15(7-12)30-18(9-14-10-19(31)27-21(33)25-14)28-29-22(30)34-11-20(32)26-17-6-5-13(23)8-16(17)24/h2-8,14H,9-11H2,1H3,(H,26,32)(H2,25,27,31,33). The molecule has 4 amide bonds. The molecule has 1 unspecified atom stereocenters. The largest absolute Gasteiger partial charge is 0.334 e. The Kier molecular flexibility index (Phi) is 6.87. The number of halogens is 2. The molecule has 1 aliphatic heterocycles. The second-order valence-electron chi connectivity index (χ2n) is 7.66. The van der Waals surface area contributed by atoms with E-state index in [0.29, 0.717) is 17.0 Å². The third kappa shape index (κ3) is 5.57. The SMILES string of the molecule is Cc1cccc(-n2c(CC3CC(=O)NC(=O)N3)nnc2SCC(=O)Nc2ccc(F)cc2F)c1. The summed E-state index contributed by atoms with van der Waals surface area (Å²) in [6.07, 6.45) is 0.341. The van der Waals surface area contributed by atoms with Gasteiger partial charge in [0.2, 0.25) is 11.8 Å². The maximum atomic E-state index is 13.8. The molecular weight excluding hydrogens is 466 g/mol. The van der Waals surface area contributed by atoms with Crippen LogP contribution >= 0.6 is 11.8 Å². The van der Waals surface area contributed by atoms with Crippen LogP contribution in [0.15, 0.2) is 47.6 Å². The monoisotopic (exact) mass is 486 g/mol. The maximum Gasteiger partial charge on any atom is 0.321 e. The first-order valence-corrected chi connectivity index (χ1v) is 11.3. The van der Waals surface area contributed by atoms with Gasteiger partial charge in [-0.25, -0.2) is 13.6 Å². The Morgan fingerprint density at radius 3 is 2.76 bits per heavy atom. The third-order valence-electron chi connectivity index (χ3n) is 4.95. The van der Waals surface area contributed by atoms with Crippen LogP contribution in [0.4, 0.5) is 19.3 Å². The molecule has 4 rings (SSSR count). The number of aryl methyl sites for hydroxylation is 1. The summed E-state index contributed by atoms with van der Waals surface area (Å²) in [6.45, 7) is 1.93. The van der Waals surface area contributed by atoms with Crippen molar-refractivity contribution in [1.29, 1.82) is 0 Å². The normalized spacial score (nSPS) is 15.6. The first-order valence-electron chi connectivity index (χ1n) is 10.3. The maximum absolute atomic E-state index is 13.8. The van der Waals surface area contributed by atoms with Crippen LogP contribution in [0.2, 0.25) is 0 Å². The molecule has 9 nitrogen and oxygen atoms in total. The molecule has 2 aromatic carbocycles. The smallest absolute Gasteiger partial charge is 0.321 e. The van der Waals surface area contributed by atoms with E-state index in [-0.39, 0.29) is 30.2 Å². The van der Waals surface area contributed by atoms with Crippen molar-refractivity contribution >= 4 is 35.3 Å². The molecule has 3 aromatic rings. The van der Waals surface area contributed by atoms with Crippen molar-refractivity contribution in [2.75, 3.05) is 11.1 Å². The molecule has 1 aromatic heterocycles. The Morgan fingerprint density at radius 1 is 1.21 bits per heavy atom. The van der Waals surface area contributed by atoms with Crippen LogP contribution in [-0.2, 0) is 16.0 Å². The number of nitrogens with one attached hydrogen (secondary N) is 3. The van der Waals surface area contributed by atoms with Crippen LogP contribution in [0, 0.1) is 18.6 Å². The molecular formula is C22H20F2N6O3S. The van der Waals surface area contributed by atoms with Crippen LogP contribution < -0.4 is 16.0 Å². The van der Waals surface area contributed by atoms with E-state index in [9.17, 15) is 23.2 Å². The van der Waals surface area contributed by atoms with Crippen LogP contribution in [0.5, 0.6) is 0 Å². The third-order valence-corrected chi connectivity index (χ3v) is 5.88. The highest BCUT2D eigenvalue weighted by Gasteiger charge is 2.27. The van der Waals surface area contributed by atoms with Crippen molar-refractivity contribution in [2.24, 2.45) is 0 Å². The minimum atomic E-state index is -0.873. The van der Waals surface area contributed by atoms with E-state index in [1.807, 2.05) is 31.2 Å². The Morgan fingerprint density at radius 2 is 2.03 bits per heavy atom. The summed E-state index contributed by atoms with van der Waals surface area (Å²) in [7, 11) is 0. The van der Waals surface area contributed by atoms with Crippen LogP contribution in [0.3, 0.4) is 0 Å². The lowest BCUT2D eigenvalue weighted by molar-refractivity contribution is -0.121. The number of amides is 4. The molecule has 12 heteroatoms. The van der Waals surface area contributed by atoms with Gasteiger partial charge in [0, 0.05) is 30.6 Å². The molecule has 1 aliphatic rings. The fourth-order valence-electron chi connectivity index (χ4n) is 3.48. The number of hydrogen-bond donors (Lipinski definition) is 3. The van der Waals surface area contributed by atoms with Gasteiger partial charge in [0.1, 0.15) is 17.5 Å². The molecule has 1 atom stereocenters. The molecule has 1 saturated heterocycles. The fraction of sp³-hybridized carbons (Fsp3) is 0.227. The van der Waals surface area contributed by atoms with Gasteiger partial charge in [-0.05, 0) is 36.8 Å². The summed E-state index contributed by atoms with van der Waals surface area (Å²) in [5.41, 5.74) is 1.61. The fourth-order valence-corrected chi connectivity index (χ4v) is 4.25. The van der Waals surface area contributed by atoms with Crippen molar-refractivity contribution in [3.8, 4) is 5.69 Å². The Labute approximate surface area is 197 Å². The van der Waals surface area contributed by atoms with Crippen LogP contribution in [0.25, 0.3) is 5.69 Å². The average Bonchev–Trinajstić information content (AvgIpc) is 3.16. The molecule has 0 spiro atoms. The molecule has 3 N–H and O–H groups in total. The topological polar surface area (TPSA) is 118 Å². The highest BCUT2D eigenvalue weighted by Crippen LogP contribution is 2.24. The summed E-state index contributed by atoms with van der Waals surface area (Å²) in [4.78, 5) is 35.8. The van der Waals surface area contributed by atoms with Gasteiger partial charge >= 0.3 is 6.03 Å². The van der Waals surface area contributed by atoms with Crippen molar-refractivity contribution < 1.29 is 23.2 Å². The zero-order chi connectivity index (χ0) is 24.2. The van der Waals surface area contributed by atoms with Gasteiger partial charge < -0.3 is 10.6 Å². The van der Waals surface area contributed by atoms with Crippen molar-refractivity contribution in [3.05, 3.63) is 65.5 Å². The summed E-state index contributed by atoms with van der Waals surface area (Å²) < 4.78 is 28.7. The molecule has 34 heavy (non-hydrogen) atoms. The lowest BCUT2D eigenvalue weighted by atomic mass is 10.1. The van der Waals surface area contributed by atoms with Gasteiger partial charge in [-0.2, -0.15) is 0 Å². The number of aromatic nitrogens is 3. The molecule has 1 fully saturated rings. The van der Waals surface area contributed by atoms with Crippen LogP contribution in [0.1, 0.15) is 17.8 Å². The number of anilines is 1. The number of benzene rings is 2. The van der Waals surface area contributed by atoms with E-state index < -0.39 is 29.6 Å². The molecule has 0 saturated carbocycles. The Hall–Kier alpha value is -3.80. The van der Waals surface area contributed by atoms with Gasteiger partial charge in [0.25, 0.3) is 0 Å². The van der Waals surface area contributed by atoms with Crippen molar-refractivity contribution in [1.82, 2.24) is 25.4 Å². The van der Waals surface area contributed by atoms with E-state index in [0.717, 1.165) is 35.1 Å². The highest BCUT2D eigenvalue weighted by molar-refractivity contribution is 7.99. The molecule has 2 heterocycles. The Balaban J connectivity index is 1.54. The minimum Gasteiger partial charge on any atom is -0.334 e. The quantitative estimate of drug-likeness (QED) is 0.442. The molecule has 0 bridgehead atoms. The molecule has 0 aliphatic carbocycles. The number of nitrogens with zero attached hydrogens (tertiary/aromatic N) is 3. The van der Waals surface area contributed by atoms with E-state index >= 15 is 0 Å². The summed E-state index contributed by atoms with van der Waals surface area (Å²) in [6, 6.07) is 9.42. The van der Waals surface area contributed by atoms with E-state index in [4.69, 9.17) is 0 Å². The number of thioether (sulfide) groups is 1. The minimum absolute atomic E-state index is 0.0978. The number of carbonyl (C=O) groups excluding carboxylic acids is 3. The predicted octanol–water partition coefficient (Wildman–Crippen LogP) is 2.73. The van der Waals surface area contributed by atoms with Gasteiger partial charge in [-0.3, -0.25) is 19.5 Å². The summed E-state index contributed by atoms with van der Waals surface area (Å²) >= 11 is 1.08. The first-order chi connectivity index (χ1) is 16.3. The highest BCUT2D eigenvalue weighted by atomic mass is 32.2. The zero-order valence-corrected chi connectivity index (χ0v) is 18.8. The predicted molar refractivity (Wildman–Crippen MR) is 121 cm³/mol. The number of hydrogen-bond acceptors (Lipinski definition) is 6. The van der Waals surface area contributed by atoms with E-state index in [2.05, 4.69) is 26.1 Å². The Bertz CT molecular complexity index is 1250. The molecule has 0 radical (unpaired) electrons. The van der Waals surface area contributed by atoms with E-state index in [1.165, 1.54) is 0 Å². The van der Waals surface area contributed by atoms with Crippen molar-refractivity contribution in [2.45, 2.75) is 31.0 Å². The van der Waals surface area contributed by atoms with Gasteiger partial charge in [-0.15, -0.1) is 10.2 Å². The lowest BCUT2D eigenvalue weighted by Crippen LogP contribution is -2.53. The average molecular weight is 487 g/mol. The van der Waals surface area contributed by atoms with Gasteiger partial charge in [0.05, 0.1) is 11.4 Å². The molecule has 176 valence electrons. The second-order valence-corrected chi connectivity index (χ2v) is 8.60. The summed E-state index contributed by atoms with van der Waals surface area (Å²) in [5, 5.41) is 16.1. The van der Waals surface area contributed by atoms with Crippen LogP contribution in [-0.4, -0.2) is 44.4 Å². The number of urea groups is 1. The zero-order valence-electron chi connectivity index (χ0n) is 18.0. The lowest BCUT2D eigenvalue weighted by Gasteiger charge is -2.23.